The van der Waals surface area contributed by atoms with E-state index < -0.39 is 6.10 Å². The summed E-state index contributed by atoms with van der Waals surface area (Å²) in [6, 6.07) is 14.6. The van der Waals surface area contributed by atoms with Gasteiger partial charge in [-0.2, -0.15) is 0 Å². The third-order valence-electron chi connectivity index (χ3n) is 4.08. The van der Waals surface area contributed by atoms with Crippen LogP contribution in [0.5, 0.6) is 5.75 Å². The van der Waals surface area contributed by atoms with E-state index in [-0.39, 0.29) is 5.91 Å². The second-order valence-corrected chi connectivity index (χ2v) is 6.43. The van der Waals surface area contributed by atoms with Gasteiger partial charge in [0, 0.05) is 23.7 Å². The topological polar surface area (TPSA) is 49.8 Å². The van der Waals surface area contributed by atoms with E-state index in [0.29, 0.717) is 36.0 Å². The minimum Gasteiger partial charge on any atom is -0.489 e. The molecule has 1 fully saturated rings. The van der Waals surface area contributed by atoms with Crippen molar-refractivity contribution in [2.24, 2.45) is 0 Å². The van der Waals surface area contributed by atoms with E-state index in [2.05, 4.69) is 0 Å². The van der Waals surface area contributed by atoms with Crippen LogP contribution >= 0.6 is 11.6 Å². The van der Waals surface area contributed by atoms with Crippen molar-refractivity contribution in [3.8, 4) is 5.75 Å². The van der Waals surface area contributed by atoms with Gasteiger partial charge in [0.05, 0.1) is 6.10 Å². The van der Waals surface area contributed by atoms with Crippen molar-refractivity contribution in [3.05, 3.63) is 64.7 Å². The Morgan fingerprint density at radius 3 is 2.79 bits per heavy atom. The number of nitrogens with zero attached hydrogens (tertiary/aromatic N) is 1. The van der Waals surface area contributed by atoms with Crippen LogP contribution in [0.2, 0.25) is 5.02 Å². The molecule has 1 atom stereocenters. The Bertz CT molecular complexity index is 702. The summed E-state index contributed by atoms with van der Waals surface area (Å²) in [6.07, 6.45) is 1.17. The van der Waals surface area contributed by atoms with Crippen LogP contribution in [0.15, 0.2) is 48.5 Å². The first kappa shape index (κ1) is 16.8. The fourth-order valence-corrected chi connectivity index (χ4v) is 2.91. The molecule has 1 heterocycles. The number of likely N-dealkylation sites (tertiary alicyclic amines) is 1. The predicted molar refractivity (Wildman–Crippen MR) is 93.4 cm³/mol. The number of aliphatic hydroxyl groups excluding tert-OH is 1. The van der Waals surface area contributed by atoms with Gasteiger partial charge in [-0.3, -0.25) is 4.79 Å². The molecule has 0 aromatic heterocycles. The maximum absolute atomic E-state index is 12.6. The number of hydrogen-bond donors (Lipinski definition) is 1. The Balaban J connectivity index is 1.65. The number of carbonyl (C=O) groups is 1. The highest BCUT2D eigenvalue weighted by atomic mass is 35.5. The maximum atomic E-state index is 12.6. The van der Waals surface area contributed by atoms with Gasteiger partial charge in [-0.15, -0.1) is 0 Å². The summed E-state index contributed by atoms with van der Waals surface area (Å²) < 4.78 is 5.77. The zero-order valence-corrected chi connectivity index (χ0v) is 14.1. The lowest BCUT2D eigenvalue weighted by atomic mass is 10.1. The molecular formula is C19H20ClNO3. The molecule has 0 aliphatic carbocycles. The van der Waals surface area contributed by atoms with Crippen molar-refractivity contribution in [1.29, 1.82) is 0 Å². The van der Waals surface area contributed by atoms with Crippen LogP contribution in [0.1, 0.15) is 28.8 Å². The number of amides is 1. The van der Waals surface area contributed by atoms with E-state index in [9.17, 15) is 9.90 Å². The van der Waals surface area contributed by atoms with Crippen molar-refractivity contribution in [3.63, 3.8) is 0 Å². The summed E-state index contributed by atoms with van der Waals surface area (Å²) in [7, 11) is 0. The van der Waals surface area contributed by atoms with Crippen LogP contribution in [-0.4, -0.2) is 35.1 Å². The molecule has 2 aromatic rings. The standard InChI is InChI=1S/C19H20ClNO3/c20-16-8-6-14(7-9-16)13-24-18-5-1-3-15(11-18)19(23)21-10-2-4-17(22)12-21/h1,3,5-9,11,17,22H,2,4,10,12-13H2. The van der Waals surface area contributed by atoms with Crippen molar-refractivity contribution in [1.82, 2.24) is 4.90 Å². The molecule has 24 heavy (non-hydrogen) atoms. The molecule has 0 bridgehead atoms. The molecule has 0 radical (unpaired) electrons. The van der Waals surface area contributed by atoms with Crippen molar-refractivity contribution < 1.29 is 14.6 Å². The zero-order chi connectivity index (χ0) is 16.9. The number of hydrogen-bond acceptors (Lipinski definition) is 3. The van der Waals surface area contributed by atoms with Crippen LogP contribution in [0, 0.1) is 0 Å². The molecule has 1 aliphatic rings. The molecule has 0 saturated carbocycles. The highest BCUT2D eigenvalue weighted by Gasteiger charge is 2.23. The SMILES string of the molecule is O=C(c1cccc(OCc2ccc(Cl)cc2)c1)N1CCCC(O)C1. The summed E-state index contributed by atoms with van der Waals surface area (Å²) in [5.41, 5.74) is 1.59. The average molecular weight is 346 g/mol. The summed E-state index contributed by atoms with van der Waals surface area (Å²) in [4.78, 5) is 14.3. The van der Waals surface area contributed by atoms with Gasteiger partial charge < -0.3 is 14.7 Å². The molecule has 1 amide bonds. The highest BCUT2D eigenvalue weighted by molar-refractivity contribution is 6.30. The molecule has 2 aromatic carbocycles. The molecular weight excluding hydrogens is 326 g/mol. The van der Waals surface area contributed by atoms with Gasteiger partial charge in [0.25, 0.3) is 5.91 Å². The van der Waals surface area contributed by atoms with Crippen LogP contribution in [-0.2, 0) is 6.61 Å². The lowest BCUT2D eigenvalue weighted by Crippen LogP contribution is -2.42. The van der Waals surface area contributed by atoms with Crippen LogP contribution < -0.4 is 4.74 Å². The quantitative estimate of drug-likeness (QED) is 0.922. The Hall–Kier alpha value is -2.04. The normalized spacial score (nSPS) is 17.6. The lowest BCUT2D eigenvalue weighted by Gasteiger charge is -2.30. The first-order chi connectivity index (χ1) is 11.6. The summed E-state index contributed by atoms with van der Waals surface area (Å²) in [6.45, 7) is 1.50. The number of benzene rings is 2. The molecule has 4 nitrogen and oxygen atoms in total. The molecule has 1 unspecified atom stereocenters. The van der Waals surface area contributed by atoms with Gasteiger partial charge in [-0.1, -0.05) is 29.8 Å². The molecule has 1 aliphatic heterocycles. The minimum atomic E-state index is -0.424. The van der Waals surface area contributed by atoms with E-state index in [4.69, 9.17) is 16.3 Å². The van der Waals surface area contributed by atoms with Gasteiger partial charge >= 0.3 is 0 Å². The van der Waals surface area contributed by atoms with Crippen molar-refractivity contribution in [2.75, 3.05) is 13.1 Å². The number of ether oxygens (including phenoxy) is 1. The maximum Gasteiger partial charge on any atom is 0.254 e. The van der Waals surface area contributed by atoms with E-state index in [1.54, 1.807) is 17.0 Å². The van der Waals surface area contributed by atoms with Gasteiger partial charge in [0.2, 0.25) is 0 Å². The van der Waals surface area contributed by atoms with Crippen molar-refractivity contribution >= 4 is 17.5 Å². The second-order valence-electron chi connectivity index (χ2n) is 5.99. The Kier molecular flexibility index (Phi) is 5.38. The minimum absolute atomic E-state index is 0.0642. The summed E-state index contributed by atoms with van der Waals surface area (Å²) in [5.74, 6) is 0.582. The van der Waals surface area contributed by atoms with Crippen LogP contribution in [0.4, 0.5) is 0 Å². The lowest BCUT2D eigenvalue weighted by molar-refractivity contribution is 0.0473. The van der Waals surface area contributed by atoms with E-state index in [1.807, 2.05) is 36.4 Å². The third kappa shape index (κ3) is 4.28. The van der Waals surface area contributed by atoms with Crippen molar-refractivity contribution in [2.45, 2.75) is 25.6 Å². The molecule has 1 N–H and O–H groups in total. The number of rotatable bonds is 4. The van der Waals surface area contributed by atoms with Gasteiger partial charge in [0.15, 0.2) is 0 Å². The fourth-order valence-electron chi connectivity index (χ4n) is 2.79. The molecule has 126 valence electrons. The second kappa shape index (κ2) is 7.69. The number of piperidine rings is 1. The molecule has 5 heteroatoms. The Morgan fingerprint density at radius 2 is 2.04 bits per heavy atom. The Labute approximate surface area is 146 Å². The van der Waals surface area contributed by atoms with Gasteiger partial charge in [-0.25, -0.2) is 0 Å². The van der Waals surface area contributed by atoms with Gasteiger partial charge in [-0.05, 0) is 48.7 Å². The molecule has 0 spiro atoms. The number of aliphatic hydroxyl groups is 1. The highest BCUT2D eigenvalue weighted by Crippen LogP contribution is 2.19. The zero-order valence-electron chi connectivity index (χ0n) is 13.3. The van der Waals surface area contributed by atoms with Crippen LogP contribution in [0.25, 0.3) is 0 Å². The first-order valence-electron chi connectivity index (χ1n) is 8.06. The largest absolute Gasteiger partial charge is 0.489 e. The fraction of sp³-hybridized carbons (Fsp3) is 0.316. The number of halogens is 1. The predicted octanol–water partition coefficient (Wildman–Crippen LogP) is 3.52. The molecule has 3 rings (SSSR count). The van der Waals surface area contributed by atoms with E-state index >= 15 is 0 Å². The Morgan fingerprint density at radius 1 is 1.25 bits per heavy atom. The molecule has 1 saturated heterocycles. The summed E-state index contributed by atoms with van der Waals surface area (Å²) in [5, 5.41) is 10.4. The van der Waals surface area contributed by atoms with Gasteiger partial charge in [0.1, 0.15) is 12.4 Å². The van der Waals surface area contributed by atoms with Crippen LogP contribution in [0.3, 0.4) is 0 Å². The smallest absolute Gasteiger partial charge is 0.254 e. The monoisotopic (exact) mass is 345 g/mol. The number of carbonyl (C=O) groups excluding carboxylic acids is 1. The summed E-state index contributed by atoms with van der Waals surface area (Å²) >= 11 is 5.87. The number of β-amino-alcohol motifs (C(OH)–C–C–N with tert-alkyl or cyclic N) is 1. The third-order valence-corrected chi connectivity index (χ3v) is 4.34. The average Bonchev–Trinajstić information content (AvgIpc) is 2.61. The first-order valence-corrected chi connectivity index (χ1v) is 8.44. The van der Waals surface area contributed by atoms with E-state index in [1.165, 1.54) is 0 Å². The van der Waals surface area contributed by atoms with E-state index in [0.717, 1.165) is 18.4 Å².